The molecule has 9 nitrogen and oxygen atoms in total. The predicted molar refractivity (Wildman–Crippen MR) is 157 cm³/mol. The van der Waals surface area contributed by atoms with Crippen LogP contribution in [0.3, 0.4) is 0 Å². The summed E-state index contributed by atoms with van der Waals surface area (Å²) in [7, 11) is 5.17. The summed E-state index contributed by atoms with van der Waals surface area (Å²) in [6.45, 7) is 4.88. The van der Waals surface area contributed by atoms with Crippen molar-refractivity contribution in [3.8, 4) is 28.4 Å². The lowest BCUT2D eigenvalue weighted by Crippen LogP contribution is -2.43. The Kier molecular flexibility index (Phi) is 8.56. The Morgan fingerprint density at radius 1 is 0.950 bits per heavy atom. The van der Waals surface area contributed by atoms with Crippen molar-refractivity contribution in [2.24, 2.45) is 0 Å². The van der Waals surface area contributed by atoms with Gasteiger partial charge in [0.15, 0.2) is 5.75 Å². The maximum absolute atomic E-state index is 12.8. The van der Waals surface area contributed by atoms with Crippen LogP contribution in [0.1, 0.15) is 5.69 Å². The van der Waals surface area contributed by atoms with E-state index in [2.05, 4.69) is 32.1 Å². The first-order valence-corrected chi connectivity index (χ1v) is 13.5. The summed E-state index contributed by atoms with van der Waals surface area (Å²) in [4.78, 5) is 26.5. The maximum atomic E-state index is 12.8. The molecule has 1 N–H and O–H groups in total. The Bertz CT molecular complexity index is 1500. The number of pyridine rings is 2. The van der Waals surface area contributed by atoms with E-state index in [1.54, 1.807) is 36.7 Å². The summed E-state index contributed by atoms with van der Waals surface area (Å²) < 4.78 is 16.5. The Morgan fingerprint density at radius 2 is 1.68 bits per heavy atom. The van der Waals surface area contributed by atoms with Crippen LogP contribution in [0.2, 0.25) is 10.0 Å². The number of fused-ring (bicyclic) bond motifs is 1. The SMILES string of the molecule is COc1cc(OC)c(Cl)c(-c2ccc(OC(=O)Nc3ccc(CN4CCN(C)CC4)nc3)c3ncccc23)c1Cl. The molecular formula is C29H29Cl2N5O4. The van der Waals surface area contributed by atoms with Gasteiger partial charge in [0.2, 0.25) is 0 Å². The lowest BCUT2D eigenvalue weighted by Gasteiger charge is -2.32. The van der Waals surface area contributed by atoms with Gasteiger partial charge in [-0.15, -0.1) is 0 Å². The summed E-state index contributed by atoms with van der Waals surface area (Å²) in [5.74, 6) is 1.11. The van der Waals surface area contributed by atoms with Crippen LogP contribution in [-0.2, 0) is 6.54 Å². The Balaban J connectivity index is 1.35. The van der Waals surface area contributed by atoms with Gasteiger partial charge in [0.25, 0.3) is 0 Å². The third-order valence-corrected chi connectivity index (χ3v) is 7.58. The fraction of sp³-hybridized carbons (Fsp3) is 0.276. The topological polar surface area (TPSA) is 89.1 Å². The molecule has 2 aromatic carbocycles. The number of amides is 1. The van der Waals surface area contributed by atoms with Crippen LogP contribution in [0.25, 0.3) is 22.0 Å². The van der Waals surface area contributed by atoms with Crippen molar-refractivity contribution < 1.29 is 19.0 Å². The highest BCUT2D eigenvalue weighted by atomic mass is 35.5. The van der Waals surface area contributed by atoms with Crippen molar-refractivity contribution in [2.45, 2.75) is 6.54 Å². The molecule has 0 unspecified atom stereocenters. The molecule has 40 heavy (non-hydrogen) atoms. The average molecular weight is 582 g/mol. The molecule has 1 amide bonds. The number of aromatic nitrogens is 2. The van der Waals surface area contributed by atoms with Gasteiger partial charge in [0.05, 0.1) is 41.8 Å². The first-order chi connectivity index (χ1) is 19.4. The van der Waals surface area contributed by atoms with Crippen molar-refractivity contribution in [3.63, 3.8) is 0 Å². The number of anilines is 1. The number of ether oxygens (including phenoxy) is 3. The normalized spacial score (nSPS) is 14.2. The zero-order valence-corrected chi connectivity index (χ0v) is 23.9. The van der Waals surface area contributed by atoms with Gasteiger partial charge in [-0.1, -0.05) is 29.3 Å². The molecule has 0 atom stereocenters. The Labute approximate surface area is 242 Å². The molecule has 1 aliphatic heterocycles. The number of likely N-dealkylation sites (N-methyl/N-ethyl adjacent to an activating group) is 1. The van der Waals surface area contributed by atoms with Crippen LogP contribution in [-0.4, -0.2) is 73.3 Å². The number of hydrogen-bond donors (Lipinski definition) is 1. The van der Waals surface area contributed by atoms with Crippen LogP contribution in [0.4, 0.5) is 10.5 Å². The van der Waals surface area contributed by atoms with Gasteiger partial charge in [-0.2, -0.15) is 0 Å². The number of benzene rings is 2. The van der Waals surface area contributed by atoms with Crippen molar-refractivity contribution in [1.29, 1.82) is 0 Å². The molecule has 2 aromatic heterocycles. The van der Waals surface area contributed by atoms with E-state index < -0.39 is 6.09 Å². The van der Waals surface area contributed by atoms with E-state index in [0.717, 1.165) is 38.4 Å². The highest BCUT2D eigenvalue weighted by Crippen LogP contribution is 2.48. The number of carbonyl (C=O) groups excluding carboxylic acids is 1. The number of nitrogens with zero attached hydrogens (tertiary/aromatic N) is 4. The third kappa shape index (κ3) is 5.93. The van der Waals surface area contributed by atoms with E-state index in [1.165, 1.54) is 14.2 Å². The van der Waals surface area contributed by atoms with E-state index >= 15 is 0 Å². The standard InChI is InChI=1S/C29H29Cl2N5O4/c1-35-11-13-36(14-12-35)17-19-7-6-18(16-33-19)34-29(37)40-22-9-8-20(21-5-4-10-32-28(21)22)25-26(30)23(38-2)15-24(39-3)27(25)31/h4-10,15-16H,11-14,17H2,1-3H3,(H,34,37). The van der Waals surface area contributed by atoms with Crippen molar-refractivity contribution in [1.82, 2.24) is 19.8 Å². The first kappa shape index (κ1) is 27.9. The van der Waals surface area contributed by atoms with Crippen LogP contribution in [0.15, 0.2) is 54.9 Å². The Hall–Kier alpha value is -3.63. The molecule has 0 spiro atoms. The number of piperazine rings is 1. The molecule has 0 bridgehead atoms. The maximum Gasteiger partial charge on any atom is 0.417 e. The molecular weight excluding hydrogens is 553 g/mol. The van der Waals surface area contributed by atoms with E-state index in [1.807, 2.05) is 18.2 Å². The molecule has 5 rings (SSSR count). The monoisotopic (exact) mass is 581 g/mol. The third-order valence-electron chi connectivity index (χ3n) is 6.83. The molecule has 1 aliphatic rings. The molecule has 0 saturated carbocycles. The summed E-state index contributed by atoms with van der Waals surface area (Å²) >= 11 is 13.3. The second-order valence-electron chi connectivity index (χ2n) is 9.43. The first-order valence-electron chi connectivity index (χ1n) is 12.7. The lowest BCUT2D eigenvalue weighted by molar-refractivity contribution is 0.147. The van der Waals surface area contributed by atoms with Crippen LogP contribution in [0, 0.1) is 0 Å². The quantitative estimate of drug-likeness (QED) is 0.285. The van der Waals surface area contributed by atoms with Crippen molar-refractivity contribution in [3.05, 3.63) is 70.6 Å². The molecule has 4 aromatic rings. The summed E-state index contributed by atoms with van der Waals surface area (Å²) in [6, 6.07) is 12.4. The van der Waals surface area contributed by atoms with Crippen molar-refractivity contribution >= 4 is 45.9 Å². The molecule has 0 radical (unpaired) electrons. The number of rotatable bonds is 7. The fourth-order valence-electron chi connectivity index (χ4n) is 4.64. The molecule has 1 saturated heterocycles. The largest absolute Gasteiger partial charge is 0.495 e. The number of methoxy groups -OCH3 is 2. The summed E-state index contributed by atoms with van der Waals surface area (Å²) in [6.07, 6.45) is 2.59. The highest BCUT2D eigenvalue weighted by Gasteiger charge is 2.22. The van der Waals surface area contributed by atoms with Gasteiger partial charge in [-0.05, 0) is 42.9 Å². The number of carbonyl (C=O) groups is 1. The van der Waals surface area contributed by atoms with Gasteiger partial charge in [0.1, 0.15) is 17.0 Å². The minimum absolute atomic E-state index is 0.276. The second-order valence-corrected chi connectivity index (χ2v) is 10.2. The van der Waals surface area contributed by atoms with Crippen molar-refractivity contribution in [2.75, 3.05) is 52.8 Å². The second kappa shape index (κ2) is 12.3. The van der Waals surface area contributed by atoms with E-state index in [4.69, 9.17) is 37.4 Å². The zero-order valence-electron chi connectivity index (χ0n) is 22.4. The minimum Gasteiger partial charge on any atom is -0.495 e. The van der Waals surface area contributed by atoms with E-state index in [0.29, 0.717) is 49.3 Å². The fourth-order valence-corrected chi connectivity index (χ4v) is 5.34. The molecule has 0 aliphatic carbocycles. The molecule has 11 heteroatoms. The van der Waals surface area contributed by atoms with Gasteiger partial charge < -0.3 is 19.1 Å². The van der Waals surface area contributed by atoms with E-state index in [-0.39, 0.29) is 5.75 Å². The van der Waals surface area contributed by atoms with Crippen LogP contribution in [0.5, 0.6) is 17.2 Å². The summed E-state index contributed by atoms with van der Waals surface area (Å²) in [5.41, 5.74) is 3.15. The molecule has 208 valence electrons. The lowest BCUT2D eigenvalue weighted by atomic mass is 9.99. The van der Waals surface area contributed by atoms with Crippen LogP contribution >= 0.6 is 23.2 Å². The predicted octanol–water partition coefficient (Wildman–Crippen LogP) is 5.98. The number of hydrogen-bond acceptors (Lipinski definition) is 8. The molecule has 3 heterocycles. The zero-order chi connectivity index (χ0) is 28.2. The van der Waals surface area contributed by atoms with Gasteiger partial charge in [-0.3, -0.25) is 20.2 Å². The minimum atomic E-state index is -0.660. The molecule has 1 fully saturated rings. The van der Waals surface area contributed by atoms with Gasteiger partial charge >= 0.3 is 6.09 Å². The smallest absolute Gasteiger partial charge is 0.417 e. The van der Waals surface area contributed by atoms with Gasteiger partial charge in [-0.25, -0.2) is 4.79 Å². The average Bonchev–Trinajstić information content (AvgIpc) is 2.96. The van der Waals surface area contributed by atoms with E-state index in [9.17, 15) is 4.79 Å². The summed E-state index contributed by atoms with van der Waals surface area (Å²) in [5, 5.41) is 4.08. The Morgan fingerprint density at radius 3 is 2.33 bits per heavy atom. The number of nitrogens with one attached hydrogen (secondary N) is 1. The highest BCUT2D eigenvalue weighted by molar-refractivity contribution is 6.41. The van der Waals surface area contributed by atoms with Crippen LogP contribution < -0.4 is 19.5 Å². The van der Waals surface area contributed by atoms with Gasteiger partial charge in [0, 0.05) is 55.9 Å². The number of halogens is 2.